The second-order valence-corrected chi connectivity index (χ2v) is 6.19. The first-order valence-electron chi connectivity index (χ1n) is 8.22. The lowest BCUT2D eigenvalue weighted by Crippen LogP contribution is -2.52. The Bertz CT molecular complexity index is 491. The molecule has 22 heavy (non-hydrogen) atoms. The molecule has 0 atom stereocenters. The van der Waals surface area contributed by atoms with E-state index in [-0.39, 0.29) is 0 Å². The minimum absolute atomic E-state index is 0.342. The minimum Gasteiger partial charge on any atom is -0.449 e. The molecule has 0 unspecified atom stereocenters. The van der Waals surface area contributed by atoms with Gasteiger partial charge in [0, 0.05) is 44.3 Å². The number of benzene rings is 1. The Morgan fingerprint density at radius 1 is 1.14 bits per heavy atom. The van der Waals surface area contributed by atoms with Crippen molar-refractivity contribution in [1.82, 2.24) is 4.90 Å². The topological polar surface area (TPSA) is 58.8 Å². The number of hydrogen-bond donors (Lipinski definition) is 1. The maximum atomic E-state index is 10.5. The lowest BCUT2D eigenvalue weighted by Gasteiger charge is -2.43. The molecule has 2 aliphatic rings. The average Bonchev–Trinajstić information content (AvgIpc) is 2.47. The summed E-state index contributed by atoms with van der Waals surface area (Å²) in [6.45, 7) is 4.92. The normalized spacial score (nSPS) is 19.7. The number of rotatable bonds is 5. The van der Waals surface area contributed by atoms with Crippen LogP contribution in [-0.4, -0.2) is 49.8 Å². The van der Waals surface area contributed by atoms with Crippen molar-refractivity contribution in [3.05, 3.63) is 29.8 Å². The fourth-order valence-corrected chi connectivity index (χ4v) is 3.24. The SMILES string of the molecule is NC(=O)OCCc1ccc(N2CCN(C3CCC3)CC2)cc1. The van der Waals surface area contributed by atoms with E-state index in [1.807, 2.05) is 0 Å². The van der Waals surface area contributed by atoms with Gasteiger partial charge in [-0.25, -0.2) is 4.79 Å². The summed E-state index contributed by atoms with van der Waals surface area (Å²) in [6, 6.07) is 9.41. The van der Waals surface area contributed by atoms with Crippen molar-refractivity contribution < 1.29 is 9.53 Å². The van der Waals surface area contributed by atoms with Gasteiger partial charge in [-0.1, -0.05) is 18.6 Å². The standard InChI is InChI=1S/C17H25N3O2/c18-17(21)22-13-8-14-4-6-16(7-5-14)20-11-9-19(10-12-20)15-2-1-3-15/h4-7,15H,1-3,8-13H2,(H2,18,21). The van der Waals surface area contributed by atoms with Gasteiger partial charge in [0.2, 0.25) is 0 Å². The van der Waals surface area contributed by atoms with Gasteiger partial charge in [-0.2, -0.15) is 0 Å². The molecule has 3 rings (SSSR count). The molecule has 1 aromatic carbocycles. The number of primary amides is 1. The Hall–Kier alpha value is -1.75. The first kappa shape index (κ1) is 15.2. The van der Waals surface area contributed by atoms with Crippen LogP contribution in [0.25, 0.3) is 0 Å². The van der Waals surface area contributed by atoms with Crippen LogP contribution in [0.2, 0.25) is 0 Å². The van der Waals surface area contributed by atoms with Crippen molar-refractivity contribution in [3.63, 3.8) is 0 Å². The fourth-order valence-electron chi connectivity index (χ4n) is 3.24. The smallest absolute Gasteiger partial charge is 0.404 e. The molecule has 1 heterocycles. The highest BCUT2D eigenvalue weighted by Crippen LogP contribution is 2.26. The fraction of sp³-hybridized carbons (Fsp3) is 0.588. The zero-order valence-electron chi connectivity index (χ0n) is 13.0. The Morgan fingerprint density at radius 2 is 1.82 bits per heavy atom. The number of carbonyl (C=O) groups is 1. The van der Waals surface area contributed by atoms with E-state index < -0.39 is 6.09 Å². The van der Waals surface area contributed by atoms with Crippen LogP contribution in [0, 0.1) is 0 Å². The van der Waals surface area contributed by atoms with E-state index in [2.05, 4.69) is 34.1 Å². The summed E-state index contributed by atoms with van der Waals surface area (Å²) < 4.78 is 4.77. The highest BCUT2D eigenvalue weighted by molar-refractivity contribution is 5.64. The van der Waals surface area contributed by atoms with Crippen molar-refractivity contribution in [3.8, 4) is 0 Å². The minimum atomic E-state index is -0.707. The molecule has 1 saturated heterocycles. The van der Waals surface area contributed by atoms with Gasteiger partial charge < -0.3 is 15.4 Å². The summed E-state index contributed by atoms with van der Waals surface area (Å²) in [4.78, 5) is 15.6. The van der Waals surface area contributed by atoms with Crippen LogP contribution in [0.4, 0.5) is 10.5 Å². The molecule has 1 saturated carbocycles. The summed E-state index contributed by atoms with van der Waals surface area (Å²) >= 11 is 0. The van der Waals surface area contributed by atoms with Gasteiger partial charge in [0.15, 0.2) is 0 Å². The molecule has 1 aromatic rings. The maximum absolute atomic E-state index is 10.5. The number of amides is 1. The number of ether oxygens (including phenoxy) is 1. The van der Waals surface area contributed by atoms with Gasteiger partial charge >= 0.3 is 6.09 Å². The van der Waals surface area contributed by atoms with E-state index in [9.17, 15) is 4.79 Å². The molecule has 1 aliphatic carbocycles. The Labute approximate surface area is 132 Å². The Morgan fingerprint density at radius 3 is 2.36 bits per heavy atom. The molecule has 5 heteroatoms. The number of nitrogens with zero attached hydrogens (tertiary/aromatic N) is 2. The number of piperazine rings is 1. The molecule has 2 fully saturated rings. The number of anilines is 1. The van der Waals surface area contributed by atoms with Crippen LogP contribution >= 0.6 is 0 Å². The predicted octanol–water partition coefficient (Wildman–Crippen LogP) is 2.00. The van der Waals surface area contributed by atoms with Crippen LogP contribution in [-0.2, 0) is 11.2 Å². The largest absolute Gasteiger partial charge is 0.449 e. The van der Waals surface area contributed by atoms with E-state index in [0.29, 0.717) is 13.0 Å². The molecule has 0 radical (unpaired) electrons. The second kappa shape index (κ2) is 7.01. The molecular weight excluding hydrogens is 278 g/mol. The molecule has 120 valence electrons. The molecular formula is C17H25N3O2. The van der Waals surface area contributed by atoms with Gasteiger partial charge in [-0.05, 0) is 30.5 Å². The van der Waals surface area contributed by atoms with E-state index >= 15 is 0 Å². The van der Waals surface area contributed by atoms with Gasteiger partial charge in [0.25, 0.3) is 0 Å². The summed E-state index contributed by atoms with van der Waals surface area (Å²) in [6.07, 6.45) is 4.19. The average molecular weight is 303 g/mol. The lowest BCUT2D eigenvalue weighted by atomic mass is 9.91. The third-order valence-electron chi connectivity index (χ3n) is 4.84. The van der Waals surface area contributed by atoms with Crippen LogP contribution in [0.5, 0.6) is 0 Å². The van der Waals surface area contributed by atoms with Crippen molar-refractivity contribution in [2.45, 2.75) is 31.7 Å². The third kappa shape index (κ3) is 3.71. The quantitative estimate of drug-likeness (QED) is 0.904. The highest BCUT2D eigenvalue weighted by atomic mass is 16.5. The zero-order valence-corrected chi connectivity index (χ0v) is 13.0. The van der Waals surface area contributed by atoms with Crippen LogP contribution in [0.1, 0.15) is 24.8 Å². The monoisotopic (exact) mass is 303 g/mol. The van der Waals surface area contributed by atoms with Crippen molar-refractivity contribution in [2.75, 3.05) is 37.7 Å². The van der Waals surface area contributed by atoms with Gasteiger partial charge in [0.05, 0.1) is 6.61 Å². The van der Waals surface area contributed by atoms with Crippen molar-refractivity contribution in [2.24, 2.45) is 5.73 Å². The molecule has 2 N–H and O–H groups in total. The van der Waals surface area contributed by atoms with Crippen molar-refractivity contribution >= 4 is 11.8 Å². The first-order valence-corrected chi connectivity index (χ1v) is 8.22. The number of carbonyl (C=O) groups excluding carboxylic acids is 1. The Balaban J connectivity index is 1.47. The molecule has 0 bridgehead atoms. The number of hydrogen-bond acceptors (Lipinski definition) is 4. The van der Waals surface area contributed by atoms with Crippen molar-refractivity contribution in [1.29, 1.82) is 0 Å². The molecule has 0 spiro atoms. The van der Waals surface area contributed by atoms with Crippen LogP contribution in [0.15, 0.2) is 24.3 Å². The van der Waals surface area contributed by atoms with Crippen LogP contribution in [0.3, 0.4) is 0 Å². The van der Waals surface area contributed by atoms with Gasteiger partial charge in [0.1, 0.15) is 0 Å². The lowest BCUT2D eigenvalue weighted by molar-refractivity contribution is 0.120. The summed E-state index contributed by atoms with van der Waals surface area (Å²) in [5, 5.41) is 0. The predicted molar refractivity (Wildman–Crippen MR) is 87.1 cm³/mol. The summed E-state index contributed by atoms with van der Waals surface area (Å²) in [5.74, 6) is 0. The highest BCUT2D eigenvalue weighted by Gasteiger charge is 2.27. The summed E-state index contributed by atoms with van der Waals surface area (Å²) in [5.41, 5.74) is 7.40. The molecule has 0 aromatic heterocycles. The third-order valence-corrected chi connectivity index (χ3v) is 4.84. The number of nitrogens with two attached hydrogens (primary N) is 1. The van der Waals surface area contributed by atoms with Gasteiger partial charge in [-0.3, -0.25) is 4.90 Å². The second-order valence-electron chi connectivity index (χ2n) is 6.19. The summed E-state index contributed by atoms with van der Waals surface area (Å²) in [7, 11) is 0. The Kier molecular flexibility index (Phi) is 4.83. The van der Waals surface area contributed by atoms with E-state index in [4.69, 9.17) is 10.5 Å². The first-order chi connectivity index (χ1) is 10.7. The molecule has 1 aliphatic heterocycles. The zero-order chi connectivity index (χ0) is 15.4. The maximum Gasteiger partial charge on any atom is 0.404 e. The molecule has 1 amide bonds. The van der Waals surface area contributed by atoms with Gasteiger partial charge in [-0.15, -0.1) is 0 Å². The van der Waals surface area contributed by atoms with Crippen LogP contribution < -0.4 is 10.6 Å². The van der Waals surface area contributed by atoms with E-state index in [1.54, 1.807) is 0 Å². The van der Waals surface area contributed by atoms with E-state index in [1.165, 1.54) is 38.0 Å². The van der Waals surface area contributed by atoms with E-state index in [0.717, 1.165) is 24.7 Å². The molecule has 5 nitrogen and oxygen atoms in total.